The summed E-state index contributed by atoms with van der Waals surface area (Å²) < 4.78 is 6.29. The van der Waals surface area contributed by atoms with Crippen LogP contribution >= 0.6 is 23.2 Å². The lowest BCUT2D eigenvalue weighted by molar-refractivity contribution is 0.371. The first-order valence-electron chi connectivity index (χ1n) is 5.33. The molecule has 8 heteroatoms. The Morgan fingerprint density at radius 3 is 2.94 bits per heavy atom. The summed E-state index contributed by atoms with van der Waals surface area (Å²) in [6.07, 6.45) is 2.92. The molecule has 0 atom stereocenters. The van der Waals surface area contributed by atoms with Crippen LogP contribution in [-0.2, 0) is 13.0 Å². The topological polar surface area (TPSA) is 73.8 Å². The molecule has 0 N–H and O–H groups in total. The molecule has 0 aliphatic rings. The summed E-state index contributed by atoms with van der Waals surface area (Å²) in [4.78, 5) is 19.7. The Morgan fingerprint density at radius 2 is 2.22 bits per heavy atom. The number of halogens is 2. The van der Waals surface area contributed by atoms with Crippen molar-refractivity contribution in [3.05, 3.63) is 38.6 Å². The van der Waals surface area contributed by atoms with E-state index in [1.54, 1.807) is 0 Å². The van der Waals surface area contributed by atoms with Crippen molar-refractivity contribution in [2.75, 3.05) is 0 Å². The lowest BCUT2D eigenvalue weighted by Crippen LogP contribution is -2.22. The van der Waals surface area contributed by atoms with E-state index in [0.717, 1.165) is 6.42 Å². The Bertz CT molecular complexity index is 608. The van der Waals surface area contributed by atoms with E-state index in [-0.39, 0.29) is 16.7 Å². The highest BCUT2D eigenvalue weighted by molar-refractivity contribution is 6.40. The molecular weight excluding hydrogens is 279 g/mol. The van der Waals surface area contributed by atoms with Gasteiger partial charge in [0.05, 0.1) is 12.9 Å². The summed E-state index contributed by atoms with van der Waals surface area (Å²) in [7, 11) is 0. The van der Waals surface area contributed by atoms with Gasteiger partial charge in [-0.05, 0) is 6.42 Å². The third-order valence-corrected chi connectivity index (χ3v) is 2.95. The van der Waals surface area contributed by atoms with Gasteiger partial charge in [0.2, 0.25) is 5.89 Å². The minimum absolute atomic E-state index is 0.0160. The normalized spacial score (nSPS) is 10.8. The third-order valence-electron chi connectivity index (χ3n) is 2.23. The molecule has 0 bridgehead atoms. The van der Waals surface area contributed by atoms with Crippen molar-refractivity contribution in [3.8, 4) is 0 Å². The van der Waals surface area contributed by atoms with Gasteiger partial charge in [-0.2, -0.15) is 4.98 Å². The molecular formula is C10H10Cl2N4O2. The molecule has 0 saturated heterocycles. The van der Waals surface area contributed by atoms with Crippen LogP contribution in [0.15, 0.2) is 15.6 Å². The van der Waals surface area contributed by atoms with E-state index in [9.17, 15) is 4.79 Å². The Hall–Kier alpha value is -1.40. The summed E-state index contributed by atoms with van der Waals surface area (Å²) in [5.41, 5.74) is -0.432. The zero-order chi connectivity index (χ0) is 13.1. The van der Waals surface area contributed by atoms with Crippen LogP contribution in [0, 0.1) is 0 Å². The molecule has 18 heavy (non-hydrogen) atoms. The summed E-state index contributed by atoms with van der Waals surface area (Å²) in [6.45, 7) is 2.16. The zero-order valence-corrected chi connectivity index (χ0v) is 11.1. The SMILES string of the molecule is CCCc1nc(Cn2cnc(Cl)c(Cl)c2=O)no1. The molecule has 0 aromatic carbocycles. The molecule has 2 aromatic heterocycles. The van der Waals surface area contributed by atoms with Gasteiger partial charge < -0.3 is 4.52 Å². The van der Waals surface area contributed by atoms with E-state index < -0.39 is 5.56 Å². The summed E-state index contributed by atoms with van der Waals surface area (Å²) in [5, 5.41) is 3.64. The van der Waals surface area contributed by atoms with Crippen LogP contribution in [0.25, 0.3) is 0 Å². The molecule has 2 heterocycles. The van der Waals surface area contributed by atoms with Gasteiger partial charge in [-0.3, -0.25) is 9.36 Å². The lowest BCUT2D eigenvalue weighted by Gasteiger charge is -2.02. The zero-order valence-electron chi connectivity index (χ0n) is 9.56. The maximum Gasteiger partial charge on any atom is 0.274 e. The fraction of sp³-hybridized carbons (Fsp3) is 0.400. The van der Waals surface area contributed by atoms with Crippen molar-refractivity contribution in [1.82, 2.24) is 19.7 Å². The van der Waals surface area contributed by atoms with Gasteiger partial charge in [-0.1, -0.05) is 35.3 Å². The second kappa shape index (κ2) is 5.49. The van der Waals surface area contributed by atoms with Crippen LogP contribution in [0.4, 0.5) is 0 Å². The van der Waals surface area contributed by atoms with Crippen LogP contribution in [-0.4, -0.2) is 19.7 Å². The van der Waals surface area contributed by atoms with Crippen LogP contribution < -0.4 is 5.56 Å². The van der Waals surface area contributed by atoms with E-state index in [0.29, 0.717) is 18.1 Å². The largest absolute Gasteiger partial charge is 0.339 e. The minimum Gasteiger partial charge on any atom is -0.339 e. The molecule has 2 aromatic rings. The first-order chi connectivity index (χ1) is 8.61. The molecule has 2 rings (SSSR count). The second-order valence-electron chi connectivity index (χ2n) is 3.64. The Kier molecular flexibility index (Phi) is 3.98. The fourth-order valence-corrected chi connectivity index (χ4v) is 1.66. The second-order valence-corrected chi connectivity index (χ2v) is 4.37. The Labute approximate surface area is 113 Å². The van der Waals surface area contributed by atoms with Crippen molar-refractivity contribution < 1.29 is 4.52 Å². The highest BCUT2D eigenvalue weighted by Crippen LogP contribution is 2.12. The average Bonchev–Trinajstić information content (AvgIpc) is 2.78. The van der Waals surface area contributed by atoms with Crippen molar-refractivity contribution in [3.63, 3.8) is 0 Å². The molecule has 0 spiro atoms. The van der Waals surface area contributed by atoms with E-state index in [1.807, 2.05) is 6.92 Å². The maximum atomic E-state index is 11.7. The van der Waals surface area contributed by atoms with Crippen LogP contribution in [0.5, 0.6) is 0 Å². The van der Waals surface area contributed by atoms with E-state index in [1.165, 1.54) is 10.9 Å². The monoisotopic (exact) mass is 288 g/mol. The third kappa shape index (κ3) is 2.70. The lowest BCUT2D eigenvalue weighted by atomic mass is 10.3. The molecule has 0 unspecified atom stereocenters. The van der Waals surface area contributed by atoms with E-state index in [4.69, 9.17) is 27.7 Å². The fourth-order valence-electron chi connectivity index (χ4n) is 1.38. The quantitative estimate of drug-likeness (QED) is 0.804. The Morgan fingerprint density at radius 1 is 1.44 bits per heavy atom. The first-order valence-corrected chi connectivity index (χ1v) is 6.09. The molecule has 0 fully saturated rings. The van der Waals surface area contributed by atoms with Crippen molar-refractivity contribution in [2.24, 2.45) is 0 Å². The van der Waals surface area contributed by atoms with Gasteiger partial charge in [-0.15, -0.1) is 0 Å². The van der Waals surface area contributed by atoms with Crippen molar-refractivity contribution >= 4 is 23.2 Å². The smallest absolute Gasteiger partial charge is 0.274 e. The Balaban J connectivity index is 2.23. The number of rotatable bonds is 4. The minimum atomic E-state index is -0.432. The van der Waals surface area contributed by atoms with Crippen molar-refractivity contribution in [1.29, 1.82) is 0 Å². The average molecular weight is 289 g/mol. The van der Waals surface area contributed by atoms with E-state index >= 15 is 0 Å². The number of hydrogen-bond donors (Lipinski definition) is 0. The molecule has 0 saturated carbocycles. The summed E-state index contributed by atoms with van der Waals surface area (Å²) >= 11 is 11.3. The molecule has 0 aliphatic heterocycles. The number of hydrogen-bond acceptors (Lipinski definition) is 5. The predicted octanol–water partition coefficient (Wildman–Crippen LogP) is 1.93. The van der Waals surface area contributed by atoms with E-state index in [2.05, 4.69) is 15.1 Å². The van der Waals surface area contributed by atoms with Gasteiger partial charge in [0.15, 0.2) is 11.0 Å². The van der Waals surface area contributed by atoms with Crippen molar-refractivity contribution in [2.45, 2.75) is 26.3 Å². The summed E-state index contributed by atoms with van der Waals surface area (Å²) in [6, 6.07) is 0. The van der Waals surface area contributed by atoms with Crippen LogP contribution in [0.3, 0.4) is 0 Å². The molecule has 96 valence electrons. The standard InChI is InChI=1S/C10H10Cl2N4O2/c1-2-3-7-14-6(15-18-7)4-16-5-13-9(12)8(11)10(16)17/h5H,2-4H2,1H3. The maximum absolute atomic E-state index is 11.7. The van der Waals surface area contributed by atoms with Gasteiger partial charge in [-0.25, -0.2) is 4.98 Å². The van der Waals surface area contributed by atoms with Gasteiger partial charge in [0.1, 0.15) is 5.02 Å². The van der Waals surface area contributed by atoms with Gasteiger partial charge in [0, 0.05) is 6.42 Å². The molecule has 6 nitrogen and oxygen atoms in total. The predicted molar refractivity (Wildman–Crippen MR) is 65.9 cm³/mol. The van der Waals surface area contributed by atoms with Crippen LogP contribution in [0.2, 0.25) is 10.2 Å². The molecule has 0 radical (unpaired) electrons. The number of nitrogens with zero attached hydrogens (tertiary/aromatic N) is 4. The highest BCUT2D eigenvalue weighted by atomic mass is 35.5. The molecule has 0 aliphatic carbocycles. The highest BCUT2D eigenvalue weighted by Gasteiger charge is 2.11. The number of aromatic nitrogens is 4. The van der Waals surface area contributed by atoms with Gasteiger partial charge in [0.25, 0.3) is 5.56 Å². The van der Waals surface area contributed by atoms with Gasteiger partial charge >= 0.3 is 0 Å². The summed E-state index contributed by atoms with van der Waals surface area (Å²) in [5.74, 6) is 0.953. The first kappa shape index (κ1) is 13.0. The number of aryl methyl sites for hydroxylation is 1. The molecule has 0 amide bonds. The van der Waals surface area contributed by atoms with Crippen LogP contribution in [0.1, 0.15) is 25.1 Å².